The fourth-order valence-corrected chi connectivity index (χ4v) is 1.93. The fraction of sp³-hybridized carbons (Fsp3) is 0.571. The van der Waals surface area contributed by atoms with Crippen molar-refractivity contribution in [2.24, 2.45) is 0 Å². The van der Waals surface area contributed by atoms with Crippen molar-refractivity contribution in [2.75, 3.05) is 18.5 Å². The van der Waals surface area contributed by atoms with E-state index in [1.807, 2.05) is 0 Å². The standard InChI is InChI=1S/C14H23ClN2/c1-5-11(3)17(4)13-8-7-12(10-16-6-2)14(15)9-13/h7-9,11,16H,5-6,10H2,1-4H3. The monoisotopic (exact) mass is 254 g/mol. The third-order valence-corrected chi connectivity index (χ3v) is 3.61. The van der Waals surface area contributed by atoms with E-state index >= 15 is 0 Å². The number of rotatable bonds is 6. The lowest BCUT2D eigenvalue weighted by atomic mass is 10.1. The highest BCUT2D eigenvalue weighted by Crippen LogP contribution is 2.24. The number of benzene rings is 1. The van der Waals surface area contributed by atoms with E-state index < -0.39 is 0 Å². The van der Waals surface area contributed by atoms with Gasteiger partial charge in [-0.25, -0.2) is 0 Å². The summed E-state index contributed by atoms with van der Waals surface area (Å²) >= 11 is 6.29. The number of halogens is 1. The van der Waals surface area contributed by atoms with Crippen molar-refractivity contribution in [3.8, 4) is 0 Å². The minimum atomic E-state index is 0.533. The summed E-state index contributed by atoms with van der Waals surface area (Å²) in [5.41, 5.74) is 2.35. The number of nitrogens with one attached hydrogen (secondary N) is 1. The van der Waals surface area contributed by atoms with Crippen molar-refractivity contribution >= 4 is 17.3 Å². The SMILES string of the molecule is CCNCc1ccc(N(C)C(C)CC)cc1Cl. The van der Waals surface area contributed by atoms with Crippen molar-refractivity contribution < 1.29 is 0 Å². The van der Waals surface area contributed by atoms with Gasteiger partial charge in [0.15, 0.2) is 0 Å². The summed E-state index contributed by atoms with van der Waals surface area (Å²) in [6, 6.07) is 6.84. The summed E-state index contributed by atoms with van der Waals surface area (Å²) in [6.07, 6.45) is 1.13. The molecule has 0 radical (unpaired) electrons. The van der Waals surface area contributed by atoms with Crippen LogP contribution in [0.2, 0.25) is 5.02 Å². The van der Waals surface area contributed by atoms with E-state index in [4.69, 9.17) is 11.6 Å². The lowest BCUT2D eigenvalue weighted by molar-refractivity contribution is 0.663. The lowest BCUT2D eigenvalue weighted by Crippen LogP contribution is -2.27. The van der Waals surface area contributed by atoms with E-state index in [-0.39, 0.29) is 0 Å². The molecule has 0 fully saturated rings. The zero-order valence-corrected chi connectivity index (χ0v) is 12.0. The van der Waals surface area contributed by atoms with Crippen molar-refractivity contribution in [3.63, 3.8) is 0 Å². The molecule has 0 amide bonds. The van der Waals surface area contributed by atoms with Gasteiger partial charge in [-0.15, -0.1) is 0 Å². The van der Waals surface area contributed by atoms with Crippen LogP contribution in [0.1, 0.15) is 32.8 Å². The van der Waals surface area contributed by atoms with Gasteiger partial charge in [-0.2, -0.15) is 0 Å². The van der Waals surface area contributed by atoms with Gasteiger partial charge in [0, 0.05) is 30.3 Å². The highest BCUT2D eigenvalue weighted by molar-refractivity contribution is 6.31. The van der Waals surface area contributed by atoms with Crippen LogP contribution < -0.4 is 10.2 Å². The van der Waals surface area contributed by atoms with Crippen molar-refractivity contribution in [2.45, 2.75) is 39.8 Å². The first-order valence-corrected chi connectivity index (χ1v) is 6.69. The zero-order valence-electron chi connectivity index (χ0n) is 11.3. The maximum absolute atomic E-state index is 6.29. The van der Waals surface area contributed by atoms with Crippen LogP contribution in [-0.4, -0.2) is 19.6 Å². The maximum atomic E-state index is 6.29. The molecule has 3 heteroatoms. The summed E-state index contributed by atoms with van der Waals surface area (Å²) in [6.45, 7) is 8.31. The Bertz CT molecular complexity index is 352. The van der Waals surface area contributed by atoms with E-state index in [9.17, 15) is 0 Å². The van der Waals surface area contributed by atoms with Gasteiger partial charge in [-0.3, -0.25) is 0 Å². The Kier molecular flexibility index (Phi) is 5.79. The first-order chi connectivity index (χ1) is 8.10. The van der Waals surface area contributed by atoms with Gasteiger partial charge in [0.05, 0.1) is 0 Å². The minimum Gasteiger partial charge on any atom is -0.372 e. The molecule has 17 heavy (non-hydrogen) atoms. The topological polar surface area (TPSA) is 15.3 Å². The third kappa shape index (κ3) is 3.90. The van der Waals surface area contributed by atoms with Crippen molar-refractivity contribution in [3.05, 3.63) is 28.8 Å². The summed E-state index contributed by atoms with van der Waals surface area (Å²) in [7, 11) is 2.11. The van der Waals surface area contributed by atoms with Crippen LogP contribution in [0.5, 0.6) is 0 Å². The molecule has 1 rings (SSSR count). The Hall–Kier alpha value is -0.730. The van der Waals surface area contributed by atoms with Crippen LogP contribution in [0, 0.1) is 0 Å². The Labute approximate surface area is 110 Å². The molecule has 96 valence electrons. The van der Waals surface area contributed by atoms with Crippen LogP contribution >= 0.6 is 11.6 Å². The molecule has 0 heterocycles. The summed E-state index contributed by atoms with van der Waals surface area (Å²) in [4.78, 5) is 2.27. The molecule has 1 unspecified atom stereocenters. The van der Waals surface area contributed by atoms with Gasteiger partial charge in [0.1, 0.15) is 0 Å². The largest absolute Gasteiger partial charge is 0.372 e. The smallest absolute Gasteiger partial charge is 0.0471 e. The second-order valence-electron chi connectivity index (χ2n) is 4.42. The van der Waals surface area contributed by atoms with E-state index in [0.29, 0.717) is 6.04 Å². The van der Waals surface area contributed by atoms with Crippen LogP contribution in [-0.2, 0) is 6.54 Å². The van der Waals surface area contributed by atoms with E-state index in [0.717, 1.165) is 30.1 Å². The number of hydrogen-bond donors (Lipinski definition) is 1. The number of anilines is 1. The van der Waals surface area contributed by atoms with E-state index in [2.05, 4.69) is 56.2 Å². The van der Waals surface area contributed by atoms with E-state index in [1.165, 1.54) is 5.69 Å². The molecule has 0 spiro atoms. The zero-order chi connectivity index (χ0) is 12.8. The van der Waals surface area contributed by atoms with Crippen LogP contribution in [0.3, 0.4) is 0 Å². The predicted octanol–water partition coefficient (Wildman–Crippen LogP) is 3.68. The van der Waals surface area contributed by atoms with Crippen LogP contribution in [0.25, 0.3) is 0 Å². The molecular weight excluding hydrogens is 232 g/mol. The molecule has 0 aliphatic heterocycles. The van der Waals surface area contributed by atoms with Gasteiger partial charge in [0.25, 0.3) is 0 Å². The molecule has 1 aromatic rings. The van der Waals surface area contributed by atoms with E-state index in [1.54, 1.807) is 0 Å². The molecule has 1 atom stereocenters. The molecule has 2 nitrogen and oxygen atoms in total. The molecule has 0 aliphatic rings. The van der Waals surface area contributed by atoms with Gasteiger partial charge < -0.3 is 10.2 Å². The van der Waals surface area contributed by atoms with Gasteiger partial charge >= 0.3 is 0 Å². The quantitative estimate of drug-likeness (QED) is 0.833. The average Bonchev–Trinajstić information content (AvgIpc) is 2.35. The molecule has 0 aromatic heterocycles. The summed E-state index contributed by atoms with van der Waals surface area (Å²) in [5, 5.41) is 4.14. The molecule has 0 bridgehead atoms. The Balaban J connectivity index is 2.80. The van der Waals surface area contributed by atoms with Gasteiger partial charge in [0.2, 0.25) is 0 Å². The van der Waals surface area contributed by atoms with Crippen LogP contribution in [0.4, 0.5) is 5.69 Å². The molecule has 0 saturated heterocycles. The number of hydrogen-bond acceptors (Lipinski definition) is 2. The van der Waals surface area contributed by atoms with Crippen molar-refractivity contribution in [1.82, 2.24) is 5.32 Å². The molecule has 0 aliphatic carbocycles. The molecule has 1 N–H and O–H groups in total. The Morgan fingerprint density at radius 2 is 2.06 bits per heavy atom. The lowest BCUT2D eigenvalue weighted by Gasteiger charge is -2.26. The van der Waals surface area contributed by atoms with Gasteiger partial charge in [-0.1, -0.05) is 31.5 Å². The van der Waals surface area contributed by atoms with Crippen LogP contribution in [0.15, 0.2) is 18.2 Å². The Morgan fingerprint density at radius 3 is 2.59 bits per heavy atom. The van der Waals surface area contributed by atoms with Gasteiger partial charge in [-0.05, 0) is 37.6 Å². The minimum absolute atomic E-state index is 0.533. The third-order valence-electron chi connectivity index (χ3n) is 3.26. The second kappa shape index (κ2) is 6.87. The number of nitrogens with zero attached hydrogens (tertiary/aromatic N) is 1. The molecule has 1 aromatic carbocycles. The highest BCUT2D eigenvalue weighted by Gasteiger charge is 2.09. The first kappa shape index (κ1) is 14.3. The second-order valence-corrected chi connectivity index (χ2v) is 4.83. The average molecular weight is 255 g/mol. The first-order valence-electron chi connectivity index (χ1n) is 6.32. The maximum Gasteiger partial charge on any atom is 0.0471 e. The summed E-state index contributed by atoms with van der Waals surface area (Å²) in [5.74, 6) is 0. The molecule has 0 saturated carbocycles. The highest BCUT2D eigenvalue weighted by atomic mass is 35.5. The fourth-order valence-electron chi connectivity index (χ4n) is 1.69. The normalized spacial score (nSPS) is 12.5. The predicted molar refractivity (Wildman–Crippen MR) is 77.0 cm³/mol. The Morgan fingerprint density at radius 1 is 1.35 bits per heavy atom. The summed E-state index contributed by atoms with van der Waals surface area (Å²) < 4.78 is 0. The van der Waals surface area contributed by atoms with Crippen molar-refractivity contribution in [1.29, 1.82) is 0 Å². The molecular formula is C14H23ClN2.